The molecule has 1 fully saturated rings. The molecule has 2 atom stereocenters. The number of piperazine rings is 1. The molecule has 0 aliphatic carbocycles. The molecule has 3 nitrogen and oxygen atoms in total. The first-order chi connectivity index (χ1) is 9.90. The van der Waals surface area contributed by atoms with Crippen LogP contribution in [0.4, 0.5) is 0 Å². The standard InChI is InChI=1S/C18H38N2O/c1-8-18(9-2)13-20(16(11-19-18)14(4)5)17(15(6)7)12-21-10-3/h14-17,19H,8-13H2,1-7H3. The predicted molar refractivity (Wildman–Crippen MR) is 91.8 cm³/mol. The lowest BCUT2D eigenvalue weighted by Crippen LogP contribution is -2.68. The number of ether oxygens (including phenoxy) is 1. The van der Waals surface area contributed by atoms with Crippen LogP contribution in [0.2, 0.25) is 0 Å². The molecule has 126 valence electrons. The highest BCUT2D eigenvalue weighted by atomic mass is 16.5. The van der Waals surface area contributed by atoms with Gasteiger partial charge in [-0.3, -0.25) is 4.90 Å². The molecule has 1 N–H and O–H groups in total. The van der Waals surface area contributed by atoms with Gasteiger partial charge < -0.3 is 10.1 Å². The molecule has 0 aromatic heterocycles. The van der Waals surface area contributed by atoms with Crippen LogP contribution in [-0.2, 0) is 4.74 Å². The Bertz CT molecular complexity index is 287. The maximum absolute atomic E-state index is 5.81. The van der Waals surface area contributed by atoms with Crippen molar-refractivity contribution in [3.63, 3.8) is 0 Å². The van der Waals surface area contributed by atoms with Crippen LogP contribution in [0.1, 0.15) is 61.3 Å². The van der Waals surface area contributed by atoms with E-state index in [-0.39, 0.29) is 5.54 Å². The number of rotatable bonds is 8. The van der Waals surface area contributed by atoms with Crippen LogP contribution in [0.25, 0.3) is 0 Å². The molecule has 3 heteroatoms. The molecule has 0 radical (unpaired) electrons. The minimum atomic E-state index is 0.282. The van der Waals surface area contributed by atoms with Crippen molar-refractivity contribution in [2.24, 2.45) is 11.8 Å². The van der Waals surface area contributed by atoms with Gasteiger partial charge >= 0.3 is 0 Å². The fourth-order valence-corrected chi connectivity index (χ4v) is 3.58. The minimum Gasteiger partial charge on any atom is -0.380 e. The molecule has 1 aliphatic rings. The number of nitrogens with zero attached hydrogens (tertiary/aromatic N) is 1. The fourth-order valence-electron chi connectivity index (χ4n) is 3.58. The third kappa shape index (κ3) is 4.67. The number of hydrogen-bond donors (Lipinski definition) is 1. The largest absolute Gasteiger partial charge is 0.380 e. The van der Waals surface area contributed by atoms with Gasteiger partial charge in [-0.05, 0) is 31.6 Å². The smallest absolute Gasteiger partial charge is 0.0624 e. The summed E-state index contributed by atoms with van der Waals surface area (Å²) in [5, 5.41) is 3.86. The van der Waals surface area contributed by atoms with Gasteiger partial charge in [0.15, 0.2) is 0 Å². The van der Waals surface area contributed by atoms with Gasteiger partial charge in [0.2, 0.25) is 0 Å². The molecule has 1 rings (SSSR count). The Hall–Kier alpha value is -0.120. The van der Waals surface area contributed by atoms with Crippen LogP contribution < -0.4 is 5.32 Å². The van der Waals surface area contributed by atoms with Gasteiger partial charge in [0, 0.05) is 37.3 Å². The number of nitrogens with one attached hydrogen (secondary N) is 1. The van der Waals surface area contributed by atoms with Crippen molar-refractivity contribution in [3.8, 4) is 0 Å². The average molecular weight is 299 g/mol. The SMILES string of the molecule is CCOCC(C(C)C)N1CC(CC)(CC)NCC1C(C)C. The van der Waals surface area contributed by atoms with Crippen molar-refractivity contribution < 1.29 is 4.74 Å². The summed E-state index contributed by atoms with van der Waals surface area (Å²) in [5.41, 5.74) is 0.282. The molecule has 0 saturated carbocycles. The van der Waals surface area contributed by atoms with Gasteiger partial charge in [-0.25, -0.2) is 0 Å². The molecule has 0 spiro atoms. The van der Waals surface area contributed by atoms with Crippen LogP contribution in [0.3, 0.4) is 0 Å². The molecule has 0 amide bonds. The van der Waals surface area contributed by atoms with Gasteiger partial charge in [0.1, 0.15) is 0 Å². The van der Waals surface area contributed by atoms with Crippen molar-refractivity contribution in [1.29, 1.82) is 0 Å². The maximum atomic E-state index is 5.81. The normalized spacial score (nSPS) is 24.7. The van der Waals surface area contributed by atoms with E-state index in [9.17, 15) is 0 Å². The van der Waals surface area contributed by atoms with E-state index >= 15 is 0 Å². The van der Waals surface area contributed by atoms with Crippen molar-refractivity contribution >= 4 is 0 Å². The summed E-state index contributed by atoms with van der Waals surface area (Å²) < 4.78 is 5.81. The van der Waals surface area contributed by atoms with E-state index in [1.165, 1.54) is 12.8 Å². The molecule has 21 heavy (non-hydrogen) atoms. The zero-order valence-electron chi connectivity index (χ0n) is 15.4. The van der Waals surface area contributed by atoms with Gasteiger partial charge in [0.25, 0.3) is 0 Å². The summed E-state index contributed by atoms with van der Waals surface area (Å²) in [6.07, 6.45) is 2.40. The predicted octanol–water partition coefficient (Wildman–Crippen LogP) is 3.54. The minimum absolute atomic E-state index is 0.282. The first-order valence-corrected chi connectivity index (χ1v) is 8.99. The van der Waals surface area contributed by atoms with Crippen molar-refractivity contribution in [2.45, 2.75) is 78.9 Å². The summed E-state index contributed by atoms with van der Waals surface area (Å²) in [7, 11) is 0. The van der Waals surface area contributed by atoms with Crippen molar-refractivity contribution in [2.75, 3.05) is 26.3 Å². The van der Waals surface area contributed by atoms with Crippen molar-refractivity contribution in [3.05, 3.63) is 0 Å². The zero-order chi connectivity index (χ0) is 16.0. The Labute approximate surface area is 132 Å². The third-order valence-corrected chi connectivity index (χ3v) is 5.41. The Morgan fingerprint density at radius 3 is 2.19 bits per heavy atom. The summed E-state index contributed by atoms with van der Waals surface area (Å²) in [5.74, 6) is 1.30. The zero-order valence-corrected chi connectivity index (χ0v) is 15.4. The van der Waals surface area contributed by atoms with E-state index in [4.69, 9.17) is 4.74 Å². The molecular weight excluding hydrogens is 260 g/mol. The highest BCUT2D eigenvalue weighted by molar-refractivity contribution is 5.00. The first kappa shape index (κ1) is 18.9. The maximum Gasteiger partial charge on any atom is 0.0624 e. The summed E-state index contributed by atoms with van der Waals surface area (Å²) in [6.45, 7) is 20.0. The van der Waals surface area contributed by atoms with Crippen molar-refractivity contribution in [1.82, 2.24) is 10.2 Å². The van der Waals surface area contributed by atoms with Gasteiger partial charge in [-0.2, -0.15) is 0 Å². The van der Waals surface area contributed by atoms with Crippen LogP contribution in [0.15, 0.2) is 0 Å². The van der Waals surface area contributed by atoms with Crippen LogP contribution in [-0.4, -0.2) is 48.8 Å². The Balaban J connectivity index is 2.96. The lowest BCUT2D eigenvalue weighted by molar-refractivity contribution is -0.0328. The highest BCUT2D eigenvalue weighted by Gasteiger charge is 2.41. The fraction of sp³-hybridized carbons (Fsp3) is 1.00. The van der Waals surface area contributed by atoms with Gasteiger partial charge in [-0.15, -0.1) is 0 Å². The molecular formula is C18H38N2O. The number of hydrogen-bond acceptors (Lipinski definition) is 3. The second kappa shape index (κ2) is 8.50. The highest BCUT2D eigenvalue weighted by Crippen LogP contribution is 2.29. The molecule has 1 aliphatic heterocycles. The molecule has 0 aromatic rings. The van der Waals surface area contributed by atoms with E-state index < -0.39 is 0 Å². The van der Waals surface area contributed by atoms with Crippen LogP contribution >= 0.6 is 0 Å². The lowest BCUT2D eigenvalue weighted by Gasteiger charge is -2.52. The van der Waals surface area contributed by atoms with E-state index in [2.05, 4.69) is 58.7 Å². The van der Waals surface area contributed by atoms with E-state index in [0.717, 1.165) is 26.3 Å². The summed E-state index contributed by atoms with van der Waals surface area (Å²) >= 11 is 0. The first-order valence-electron chi connectivity index (χ1n) is 8.99. The Morgan fingerprint density at radius 1 is 1.14 bits per heavy atom. The topological polar surface area (TPSA) is 24.5 Å². The van der Waals surface area contributed by atoms with E-state index in [0.29, 0.717) is 23.9 Å². The van der Waals surface area contributed by atoms with E-state index in [1.807, 2.05) is 0 Å². The second-order valence-corrected chi connectivity index (χ2v) is 7.32. The monoisotopic (exact) mass is 298 g/mol. The average Bonchev–Trinajstić information content (AvgIpc) is 2.46. The van der Waals surface area contributed by atoms with Gasteiger partial charge in [0.05, 0.1) is 6.61 Å². The summed E-state index contributed by atoms with van der Waals surface area (Å²) in [6, 6.07) is 1.14. The molecule has 2 unspecified atom stereocenters. The van der Waals surface area contributed by atoms with E-state index in [1.54, 1.807) is 0 Å². The van der Waals surface area contributed by atoms with Crippen LogP contribution in [0, 0.1) is 11.8 Å². The Kier molecular flexibility index (Phi) is 7.66. The molecule has 0 bridgehead atoms. The van der Waals surface area contributed by atoms with Gasteiger partial charge in [-0.1, -0.05) is 41.5 Å². The molecule has 1 saturated heterocycles. The quantitative estimate of drug-likeness (QED) is 0.742. The molecule has 0 aromatic carbocycles. The third-order valence-electron chi connectivity index (χ3n) is 5.41. The Morgan fingerprint density at radius 2 is 1.76 bits per heavy atom. The summed E-state index contributed by atoms with van der Waals surface area (Å²) in [4.78, 5) is 2.76. The second-order valence-electron chi connectivity index (χ2n) is 7.32. The van der Waals surface area contributed by atoms with Crippen LogP contribution in [0.5, 0.6) is 0 Å². The molecule has 1 heterocycles. The lowest BCUT2D eigenvalue weighted by atomic mass is 9.84.